The van der Waals surface area contributed by atoms with E-state index in [4.69, 9.17) is 37.4 Å². The van der Waals surface area contributed by atoms with Crippen LogP contribution < -0.4 is 19.5 Å². The molecule has 1 amide bonds. The maximum Gasteiger partial charge on any atom is 0.265 e. The Morgan fingerprint density at radius 3 is 2.21 bits per heavy atom. The van der Waals surface area contributed by atoms with Gasteiger partial charge in [-0.1, -0.05) is 23.2 Å². The van der Waals surface area contributed by atoms with Crippen LogP contribution in [-0.4, -0.2) is 26.2 Å². The standard InChI is InChI=1S/C17H17Cl2NO4/c1-10(24-16-5-4-11(18)6-15(16)19)17(21)20-12-7-13(22-2)9-14(8-12)23-3/h4-10H,1-3H3,(H,20,21)/t10-/m0/s1. The largest absolute Gasteiger partial charge is 0.497 e. The van der Waals surface area contributed by atoms with Crippen molar-refractivity contribution in [3.8, 4) is 17.2 Å². The Morgan fingerprint density at radius 1 is 1.04 bits per heavy atom. The molecule has 7 heteroatoms. The van der Waals surface area contributed by atoms with Crippen molar-refractivity contribution in [2.75, 3.05) is 19.5 Å². The van der Waals surface area contributed by atoms with Gasteiger partial charge >= 0.3 is 0 Å². The lowest BCUT2D eigenvalue weighted by molar-refractivity contribution is -0.122. The van der Waals surface area contributed by atoms with Crippen LogP contribution >= 0.6 is 23.2 Å². The molecule has 2 rings (SSSR count). The van der Waals surface area contributed by atoms with Crippen LogP contribution in [-0.2, 0) is 4.79 Å². The van der Waals surface area contributed by atoms with E-state index in [0.29, 0.717) is 33.0 Å². The highest BCUT2D eigenvalue weighted by Crippen LogP contribution is 2.29. The fourth-order valence-corrected chi connectivity index (χ4v) is 2.39. The summed E-state index contributed by atoms with van der Waals surface area (Å²) in [6.45, 7) is 1.62. The molecular formula is C17H17Cl2NO4. The first-order chi connectivity index (χ1) is 11.4. The molecule has 128 valence electrons. The normalized spacial score (nSPS) is 11.5. The van der Waals surface area contributed by atoms with Gasteiger partial charge in [-0.15, -0.1) is 0 Å². The highest BCUT2D eigenvalue weighted by molar-refractivity contribution is 6.35. The molecule has 2 aromatic carbocycles. The van der Waals surface area contributed by atoms with Crippen molar-refractivity contribution in [2.24, 2.45) is 0 Å². The van der Waals surface area contributed by atoms with Gasteiger partial charge < -0.3 is 19.5 Å². The summed E-state index contributed by atoms with van der Waals surface area (Å²) in [6.07, 6.45) is -0.763. The number of halogens is 2. The third-order valence-electron chi connectivity index (χ3n) is 3.19. The molecule has 0 aliphatic carbocycles. The van der Waals surface area contributed by atoms with Crippen LogP contribution in [0.2, 0.25) is 10.0 Å². The minimum absolute atomic E-state index is 0.337. The number of amides is 1. The molecule has 0 bridgehead atoms. The minimum Gasteiger partial charge on any atom is -0.497 e. The molecule has 0 aliphatic rings. The van der Waals surface area contributed by atoms with E-state index >= 15 is 0 Å². The van der Waals surface area contributed by atoms with Crippen molar-refractivity contribution in [3.63, 3.8) is 0 Å². The van der Waals surface area contributed by atoms with Gasteiger partial charge in [0.15, 0.2) is 6.10 Å². The lowest BCUT2D eigenvalue weighted by Gasteiger charge is -2.16. The van der Waals surface area contributed by atoms with Crippen LogP contribution in [0.1, 0.15) is 6.92 Å². The number of anilines is 1. The highest BCUT2D eigenvalue weighted by atomic mass is 35.5. The number of methoxy groups -OCH3 is 2. The van der Waals surface area contributed by atoms with Crippen LogP contribution in [0.5, 0.6) is 17.2 Å². The molecule has 0 saturated heterocycles. The summed E-state index contributed by atoms with van der Waals surface area (Å²) in [5, 5.41) is 3.58. The fourth-order valence-electron chi connectivity index (χ4n) is 1.94. The Morgan fingerprint density at radius 2 is 1.67 bits per heavy atom. The van der Waals surface area contributed by atoms with E-state index in [9.17, 15) is 4.79 Å². The molecule has 0 aromatic heterocycles. The van der Waals surface area contributed by atoms with E-state index < -0.39 is 6.10 Å². The van der Waals surface area contributed by atoms with Crippen LogP contribution in [0, 0.1) is 0 Å². The summed E-state index contributed by atoms with van der Waals surface area (Å²) < 4.78 is 15.9. The first-order valence-corrected chi connectivity index (χ1v) is 7.84. The number of hydrogen-bond donors (Lipinski definition) is 1. The second-order valence-electron chi connectivity index (χ2n) is 4.93. The molecule has 0 unspecified atom stereocenters. The fraction of sp³-hybridized carbons (Fsp3) is 0.235. The third kappa shape index (κ3) is 4.69. The average molecular weight is 370 g/mol. The quantitative estimate of drug-likeness (QED) is 0.818. The lowest BCUT2D eigenvalue weighted by Crippen LogP contribution is -2.30. The van der Waals surface area contributed by atoms with Gasteiger partial charge in [-0.2, -0.15) is 0 Å². The second-order valence-corrected chi connectivity index (χ2v) is 5.77. The summed E-state index contributed by atoms with van der Waals surface area (Å²) in [5.41, 5.74) is 0.536. The van der Waals surface area contributed by atoms with E-state index in [-0.39, 0.29) is 5.91 Å². The summed E-state index contributed by atoms with van der Waals surface area (Å²) in [4.78, 5) is 12.3. The molecule has 5 nitrogen and oxygen atoms in total. The van der Waals surface area contributed by atoms with Gasteiger partial charge in [-0.25, -0.2) is 0 Å². The van der Waals surface area contributed by atoms with E-state index in [0.717, 1.165) is 0 Å². The first kappa shape index (κ1) is 18.2. The Balaban J connectivity index is 2.08. The molecular weight excluding hydrogens is 353 g/mol. The van der Waals surface area contributed by atoms with Crippen LogP contribution in [0.15, 0.2) is 36.4 Å². The molecule has 0 fully saturated rings. The van der Waals surface area contributed by atoms with Crippen LogP contribution in [0.3, 0.4) is 0 Å². The van der Waals surface area contributed by atoms with Gasteiger partial charge in [-0.05, 0) is 25.1 Å². The van der Waals surface area contributed by atoms with Crippen LogP contribution in [0.4, 0.5) is 5.69 Å². The van der Waals surface area contributed by atoms with E-state index in [1.807, 2.05) is 0 Å². The van der Waals surface area contributed by atoms with Gasteiger partial charge in [0.05, 0.1) is 19.2 Å². The summed E-state index contributed by atoms with van der Waals surface area (Å²) >= 11 is 11.9. The second kappa shape index (κ2) is 8.13. The van der Waals surface area contributed by atoms with Gasteiger partial charge in [0, 0.05) is 28.9 Å². The smallest absolute Gasteiger partial charge is 0.265 e. The minimum atomic E-state index is -0.763. The zero-order chi connectivity index (χ0) is 17.7. The zero-order valence-electron chi connectivity index (χ0n) is 13.4. The first-order valence-electron chi connectivity index (χ1n) is 7.08. The monoisotopic (exact) mass is 369 g/mol. The topological polar surface area (TPSA) is 56.8 Å². The van der Waals surface area contributed by atoms with E-state index in [1.54, 1.807) is 43.3 Å². The molecule has 1 atom stereocenters. The number of nitrogens with one attached hydrogen (secondary N) is 1. The van der Waals surface area contributed by atoms with Crippen molar-refractivity contribution in [2.45, 2.75) is 13.0 Å². The van der Waals surface area contributed by atoms with Gasteiger partial charge in [0.2, 0.25) is 0 Å². The summed E-state index contributed by atoms with van der Waals surface area (Å²) in [6, 6.07) is 9.88. The van der Waals surface area contributed by atoms with Gasteiger partial charge in [0.1, 0.15) is 17.2 Å². The maximum absolute atomic E-state index is 12.3. The van der Waals surface area contributed by atoms with Crippen molar-refractivity contribution in [3.05, 3.63) is 46.4 Å². The number of ether oxygens (including phenoxy) is 3. The molecule has 0 saturated carbocycles. The van der Waals surface area contributed by atoms with Crippen molar-refractivity contribution >= 4 is 34.8 Å². The lowest BCUT2D eigenvalue weighted by atomic mass is 10.2. The van der Waals surface area contributed by atoms with E-state index in [1.165, 1.54) is 14.2 Å². The molecule has 24 heavy (non-hydrogen) atoms. The third-order valence-corrected chi connectivity index (χ3v) is 3.72. The Kier molecular flexibility index (Phi) is 6.17. The Labute approximate surface area is 150 Å². The van der Waals surface area contributed by atoms with Crippen molar-refractivity contribution in [1.82, 2.24) is 0 Å². The summed E-state index contributed by atoms with van der Waals surface area (Å²) in [5.74, 6) is 1.18. The zero-order valence-corrected chi connectivity index (χ0v) is 14.9. The number of carbonyl (C=O) groups is 1. The molecule has 0 aliphatic heterocycles. The number of benzene rings is 2. The molecule has 0 heterocycles. The maximum atomic E-state index is 12.3. The van der Waals surface area contributed by atoms with Crippen molar-refractivity contribution in [1.29, 1.82) is 0 Å². The molecule has 2 aromatic rings. The van der Waals surface area contributed by atoms with Crippen molar-refractivity contribution < 1.29 is 19.0 Å². The predicted molar refractivity (Wildman–Crippen MR) is 94.7 cm³/mol. The molecule has 1 N–H and O–H groups in total. The van der Waals surface area contributed by atoms with Gasteiger partial charge in [-0.3, -0.25) is 4.79 Å². The number of rotatable bonds is 6. The summed E-state index contributed by atoms with van der Waals surface area (Å²) in [7, 11) is 3.07. The number of carbonyl (C=O) groups excluding carboxylic acids is 1. The Bertz CT molecular complexity index is 714. The SMILES string of the molecule is COc1cc(NC(=O)[C@H](C)Oc2ccc(Cl)cc2Cl)cc(OC)c1. The number of hydrogen-bond acceptors (Lipinski definition) is 4. The Hall–Kier alpha value is -2.11. The van der Waals surface area contributed by atoms with Gasteiger partial charge in [0.25, 0.3) is 5.91 Å². The average Bonchev–Trinajstić information content (AvgIpc) is 2.56. The van der Waals surface area contributed by atoms with E-state index in [2.05, 4.69) is 5.32 Å². The predicted octanol–water partition coefficient (Wildman–Crippen LogP) is 4.42. The highest BCUT2D eigenvalue weighted by Gasteiger charge is 2.17. The molecule has 0 radical (unpaired) electrons. The van der Waals surface area contributed by atoms with Crippen LogP contribution in [0.25, 0.3) is 0 Å². The molecule has 0 spiro atoms.